The molecule has 7 heteroatoms. The minimum Gasteiger partial charge on any atom is -0.396 e. The van der Waals surface area contributed by atoms with Crippen molar-refractivity contribution in [2.45, 2.75) is 12.5 Å². The molecule has 1 saturated heterocycles. The molecule has 1 aromatic rings. The van der Waals surface area contributed by atoms with Gasteiger partial charge in [0, 0.05) is 26.2 Å². The number of nitrogen functional groups attached to an aromatic ring is 1. The van der Waals surface area contributed by atoms with Gasteiger partial charge in [0.2, 0.25) is 0 Å². The number of likely N-dealkylation sites (N-methyl/N-ethyl adjacent to an activating group) is 1. The van der Waals surface area contributed by atoms with Gasteiger partial charge in [-0.05, 0) is 20.5 Å². The Labute approximate surface area is 122 Å². The zero-order valence-corrected chi connectivity index (χ0v) is 12.8. The maximum absolute atomic E-state index is 11.8. The third kappa shape index (κ3) is 2.44. The van der Waals surface area contributed by atoms with Crippen molar-refractivity contribution in [2.24, 2.45) is 0 Å². The summed E-state index contributed by atoms with van der Waals surface area (Å²) in [6.45, 7) is 1.74. The Morgan fingerprint density at radius 2 is 2.30 bits per heavy atom. The molecule has 3 N–H and O–H groups in total. The van der Waals surface area contributed by atoms with Crippen LogP contribution in [0.25, 0.3) is 0 Å². The van der Waals surface area contributed by atoms with E-state index >= 15 is 0 Å². The molecule has 1 aromatic heterocycles. The van der Waals surface area contributed by atoms with Crippen molar-refractivity contribution < 1.29 is 4.79 Å². The standard InChI is InChI=1S/C13H19N5OS/c1-16-12(19)11-10(15)9(6-14)13(20-11)18-5-4-8(7-18)17(2)3/h8H,4-5,7,15H2,1-3H3,(H,16,19). The van der Waals surface area contributed by atoms with Crippen molar-refractivity contribution >= 4 is 27.9 Å². The lowest BCUT2D eigenvalue weighted by Crippen LogP contribution is -2.31. The average Bonchev–Trinajstić information content (AvgIpc) is 3.02. The predicted octanol–water partition coefficient (Wildman–Crippen LogP) is 0.702. The van der Waals surface area contributed by atoms with Gasteiger partial charge in [0.05, 0.1) is 5.69 Å². The number of anilines is 2. The molecule has 0 aliphatic carbocycles. The van der Waals surface area contributed by atoms with Gasteiger partial charge >= 0.3 is 0 Å². The van der Waals surface area contributed by atoms with Gasteiger partial charge in [0.25, 0.3) is 5.91 Å². The van der Waals surface area contributed by atoms with Crippen molar-refractivity contribution in [3.05, 3.63) is 10.4 Å². The largest absolute Gasteiger partial charge is 0.396 e. The van der Waals surface area contributed by atoms with Gasteiger partial charge in [-0.1, -0.05) is 0 Å². The summed E-state index contributed by atoms with van der Waals surface area (Å²) in [5.41, 5.74) is 6.66. The number of carbonyl (C=O) groups excluding carboxylic acids is 1. The van der Waals surface area contributed by atoms with Gasteiger partial charge in [-0.15, -0.1) is 11.3 Å². The average molecular weight is 293 g/mol. The van der Waals surface area contributed by atoms with E-state index in [0.717, 1.165) is 24.5 Å². The van der Waals surface area contributed by atoms with E-state index in [9.17, 15) is 10.1 Å². The third-order valence-electron chi connectivity index (χ3n) is 3.65. The molecule has 108 valence electrons. The van der Waals surface area contributed by atoms with Gasteiger partial charge in [0.15, 0.2) is 0 Å². The first-order valence-electron chi connectivity index (χ1n) is 6.45. The number of hydrogen-bond donors (Lipinski definition) is 2. The van der Waals surface area contributed by atoms with Crippen LogP contribution in [0.2, 0.25) is 0 Å². The van der Waals surface area contributed by atoms with E-state index in [1.165, 1.54) is 11.3 Å². The Kier molecular flexibility index (Phi) is 4.16. The number of nitrogens with two attached hydrogens (primary N) is 1. The zero-order chi connectivity index (χ0) is 14.9. The van der Waals surface area contributed by atoms with Crippen LogP contribution in [0.4, 0.5) is 10.7 Å². The van der Waals surface area contributed by atoms with Gasteiger partial charge in [0.1, 0.15) is 21.5 Å². The van der Waals surface area contributed by atoms with Crippen LogP contribution in [-0.4, -0.2) is 51.1 Å². The van der Waals surface area contributed by atoms with E-state index in [1.54, 1.807) is 7.05 Å². The van der Waals surface area contributed by atoms with Crippen molar-refractivity contribution in [1.82, 2.24) is 10.2 Å². The maximum atomic E-state index is 11.8. The summed E-state index contributed by atoms with van der Waals surface area (Å²) in [7, 11) is 5.67. The number of amides is 1. The first-order valence-corrected chi connectivity index (χ1v) is 7.27. The molecule has 0 saturated carbocycles. The molecule has 0 spiro atoms. The van der Waals surface area contributed by atoms with E-state index < -0.39 is 0 Å². The second-order valence-corrected chi connectivity index (χ2v) is 6.07. The van der Waals surface area contributed by atoms with Crippen LogP contribution in [0.5, 0.6) is 0 Å². The summed E-state index contributed by atoms with van der Waals surface area (Å²) < 4.78 is 0. The smallest absolute Gasteiger partial charge is 0.263 e. The highest BCUT2D eigenvalue weighted by Crippen LogP contribution is 2.39. The summed E-state index contributed by atoms with van der Waals surface area (Å²) in [4.78, 5) is 16.5. The van der Waals surface area contributed by atoms with Crippen LogP contribution in [0, 0.1) is 11.3 Å². The van der Waals surface area contributed by atoms with Crippen LogP contribution in [0.1, 0.15) is 21.7 Å². The molecule has 2 rings (SSSR count). The predicted molar refractivity (Wildman–Crippen MR) is 81.1 cm³/mol. The number of thiophene rings is 1. The van der Waals surface area contributed by atoms with E-state index in [0.29, 0.717) is 22.2 Å². The number of hydrogen-bond acceptors (Lipinski definition) is 6. The molecule has 0 aromatic carbocycles. The fourth-order valence-electron chi connectivity index (χ4n) is 2.39. The van der Waals surface area contributed by atoms with Crippen molar-refractivity contribution in [2.75, 3.05) is 44.9 Å². The lowest BCUT2D eigenvalue weighted by Gasteiger charge is -2.20. The minimum atomic E-state index is -0.237. The topological polar surface area (TPSA) is 85.4 Å². The number of nitriles is 1. The van der Waals surface area contributed by atoms with E-state index in [1.807, 2.05) is 0 Å². The van der Waals surface area contributed by atoms with Crippen molar-refractivity contribution in [3.8, 4) is 6.07 Å². The Morgan fingerprint density at radius 1 is 1.60 bits per heavy atom. The van der Waals surface area contributed by atoms with Gasteiger partial charge in [-0.3, -0.25) is 4.79 Å². The summed E-state index contributed by atoms with van der Waals surface area (Å²) >= 11 is 1.30. The molecule has 1 amide bonds. The highest BCUT2D eigenvalue weighted by atomic mass is 32.1. The van der Waals surface area contributed by atoms with Gasteiger partial charge < -0.3 is 20.9 Å². The molecular formula is C13H19N5OS. The van der Waals surface area contributed by atoms with Crippen LogP contribution in [0.15, 0.2) is 0 Å². The molecule has 1 aliphatic heterocycles. The lowest BCUT2D eigenvalue weighted by molar-refractivity contribution is 0.0968. The first kappa shape index (κ1) is 14.6. The van der Waals surface area contributed by atoms with Gasteiger partial charge in [-0.2, -0.15) is 5.26 Å². The molecule has 0 radical (unpaired) electrons. The van der Waals surface area contributed by atoms with E-state index in [-0.39, 0.29) is 5.91 Å². The fraction of sp³-hybridized carbons (Fsp3) is 0.538. The van der Waals surface area contributed by atoms with Crippen LogP contribution < -0.4 is 16.0 Å². The number of carbonyl (C=O) groups is 1. The SMILES string of the molecule is CNC(=O)c1sc(N2CCC(N(C)C)C2)c(C#N)c1N. The van der Waals surface area contributed by atoms with Crippen LogP contribution >= 0.6 is 11.3 Å². The highest BCUT2D eigenvalue weighted by Gasteiger charge is 2.30. The molecule has 1 unspecified atom stereocenters. The normalized spacial score (nSPS) is 18.4. The molecular weight excluding hydrogens is 274 g/mol. The molecule has 1 aliphatic rings. The minimum absolute atomic E-state index is 0.237. The second kappa shape index (κ2) is 5.69. The van der Waals surface area contributed by atoms with Crippen LogP contribution in [0.3, 0.4) is 0 Å². The summed E-state index contributed by atoms with van der Waals surface area (Å²) in [5.74, 6) is -0.237. The maximum Gasteiger partial charge on any atom is 0.263 e. The Morgan fingerprint density at radius 3 is 2.80 bits per heavy atom. The van der Waals surface area contributed by atoms with Crippen molar-refractivity contribution in [3.63, 3.8) is 0 Å². The summed E-state index contributed by atoms with van der Waals surface area (Å²) in [5, 5.41) is 12.7. The molecule has 1 fully saturated rings. The Hall–Kier alpha value is -1.78. The first-order chi connectivity index (χ1) is 9.49. The summed E-state index contributed by atoms with van der Waals surface area (Å²) in [6.07, 6.45) is 1.05. The monoisotopic (exact) mass is 293 g/mol. The second-order valence-electron chi connectivity index (χ2n) is 5.07. The number of nitrogens with one attached hydrogen (secondary N) is 1. The molecule has 2 heterocycles. The molecule has 1 atom stereocenters. The molecule has 0 bridgehead atoms. The molecule has 6 nitrogen and oxygen atoms in total. The van der Waals surface area contributed by atoms with Gasteiger partial charge in [-0.25, -0.2) is 0 Å². The number of nitrogens with zero attached hydrogens (tertiary/aromatic N) is 3. The number of rotatable bonds is 3. The Balaban J connectivity index is 2.34. The Bertz CT molecular complexity index is 560. The van der Waals surface area contributed by atoms with E-state index in [4.69, 9.17) is 5.73 Å². The zero-order valence-electron chi connectivity index (χ0n) is 11.9. The summed E-state index contributed by atoms with van der Waals surface area (Å²) in [6, 6.07) is 2.60. The fourth-order valence-corrected chi connectivity index (χ4v) is 3.54. The van der Waals surface area contributed by atoms with Crippen LogP contribution in [-0.2, 0) is 0 Å². The van der Waals surface area contributed by atoms with E-state index in [2.05, 4.69) is 35.3 Å². The highest BCUT2D eigenvalue weighted by molar-refractivity contribution is 7.19. The lowest BCUT2D eigenvalue weighted by atomic mass is 10.2. The van der Waals surface area contributed by atoms with Crippen molar-refractivity contribution in [1.29, 1.82) is 5.26 Å². The molecule has 20 heavy (non-hydrogen) atoms. The quantitative estimate of drug-likeness (QED) is 0.857. The third-order valence-corrected chi connectivity index (χ3v) is 4.92.